The van der Waals surface area contributed by atoms with Gasteiger partial charge in [0.25, 0.3) is 0 Å². The van der Waals surface area contributed by atoms with Gasteiger partial charge in [0.2, 0.25) is 17.5 Å². The van der Waals surface area contributed by atoms with Crippen LogP contribution in [0.2, 0.25) is 0 Å². The summed E-state index contributed by atoms with van der Waals surface area (Å²) in [7, 11) is 1.30. The fraction of sp³-hybridized carbons (Fsp3) is 0.318. The van der Waals surface area contributed by atoms with Gasteiger partial charge in [-0.15, -0.1) is 0 Å². The van der Waals surface area contributed by atoms with Gasteiger partial charge in [0.15, 0.2) is 17.3 Å². The van der Waals surface area contributed by atoms with E-state index in [4.69, 9.17) is 18.6 Å². The third kappa shape index (κ3) is 3.97. The number of phenolic OH excluding ortho intramolecular Hbond substituents is 2. The molecule has 0 radical (unpaired) electrons. The minimum Gasteiger partial charge on any atom is -0.508 e. The predicted octanol–water partition coefficient (Wildman–Crippen LogP) is -0.236. The molecule has 12 heteroatoms. The third-order valence-electron chi connectivity index (χ3n) is 5.45. The van der Waals surface area contributed by atoms with Crippen LogP contribution in [0.5, 0.6) is 28.7 Å². The van der Waals surface area contributed by atoms with Gasteiger partial charge in [0.1, 0.15) is 46.9 Å². The Labute approximate surface area is 191 Å². The molecule has 2 heterocycles. The van der Waals surface area contributed by atoms with Crippen molar-refractivity contribution in [1.29, 1.82) is 0 Å². The van der Waals surface area contributed by atoms with Crippen LogP contribution in [-0.2, 0) is 4.74 Å². The Morgan fingerprint density at radius 3 is 2.38 bits per heavy atom. The van der Waals surface area contributed by atoms with Crippen LogP contribution >= 0.6 is 0 Å². The molecule has 34 heavy (non-hydrogen) atoms. The number of methoxy groups -OCH3 is 1. The molecule has 1 fully saturated rings. The van der Waals surface area contributed by atoms with Crippen LogP contribution < -0.4 is 14.9 Å². The zero-order valence-corrected chi connectivity index (χ0v) is 17.7. The molecule has 0 aliphatic carbocycles. The normalized spacial score (nSPS) is 24.8. The van der Waals surface area contributed by atoms with Crippen LogP contribution in [0, 0.1) is 0 Å². The van der Waals surface area contributed by atoms with E-state index in [0.717, 1.165) is 12.1 Å². The molecule has 1 aliphatic heterocycles. The monoisotopic (exact) mass is 478 g/mol. The summed E-state index contributed by atoms with van der Waals surface area (Å²) in [5.41, 5.74) is -0.928. The Balaban J connectivity index is 1.71. The lowest BCUT2D eigenvalue weighted by atomic mass is 9.99. The number of phenols is 2. The summed E-state index contributed by atoms with van der Waals surface area (Å²) < 4.78 is 21.7. The van der Waals surface area contributed by atoms with Crippen molar-refractivity contribution in [2.75, 3.05) is 13.7 Å². The van der Waals surface area contributed by atoms with Crippen molar-refractivity contribution in [2.24, 2.45) is 0 Å². The molecular formula is C22H22O12. The van der Waals surface area contributed by atoms with E-state index in [1.54, 1.807) is 0 Å². The van der Waals surface area contributed by atoms with Crippen LogP contribution in [0.25, 0.3) is 22.3 Å². The Kier molecular flexibility index (Phi) is 6.25. The number of fused-ring (bicyclic) bond motifs is 1. The first kappa shape index (κ1) is 23.6. The van der Waals surface area contributed by atoms with Crippen LogP contribution in [0.4, 0.5) is 0 Å². The first-order valence-corrected chi connectivity index (χ1v) is 10.0. The molecule has 5 atom stereocenters. The lowest BCUT2D eigenvalue weighted by Gasteiger charge is -2.39. The molecule has 0 bridgehead atoms. The maximum absolute atomic E-state index is 12.6. The summed E-state index contributed by atoms with van der Waals surface area (Å²) in [6.45, 7) is -0.633. The topological polar surface area (TPSA) is 200 Å². The number of benzene rings is 2. The van der Waals surface area contributed by atoms with Gasteiger partial charge in [-0.25, -0.2) is 0 Å². The van der Waals surface area contributed by atoms with Gasteiger partial charge in [-0.3, -0.25) is 4.79 Å². The van der Waals surface area contributed by atoms with E-state index >= 15 is 0 Å². The highest BCUT2D eigenvalue weighted by atomic mass is 16.7. The highest BCUT2D eigenvalue weighted by Crippen LogP contribution is 2.39. The van der Waals surface area contributed by atoms with Gasteiger partial charge in [-0.1, -0.05) is 0 Å². The molecule has 182 valence electrons. The van der Waals surface area contributed by atoms with Crippen LogP contribution in [0.1, 0.15) is 0 Å². The summed E-state index contributed by atoms with van der Waals surface area (Å²) >= 11 is 0. The van der Waals surface area contributed by atoms with Gasteiger partial charge < -0.3 is 54.4 Å². The second-order valence-corrected chi connectivity index (χ2v) is 7.63. The zero-order valence-electron chi connectivity index (χ0n) is 17.7. The minimum atomic E-state index is -1.65. The molecule has 1 saturated heterocycles. The molecule has 12 nitrogen and oxygen atoms in total. The molecule has 2 aromatic carbocycles. The van der Waals surface area contributed by atoms with Crippen molar-refractivity contribution in [3.8, 4) is 40.1 Å². The number of aliphatic hydroxyl groups is 4. The fourth-order valence-electron chi connectivity index (χ4n) is 3.67. The predicted molar refractivity (Wildman–Crippen MR) is 114 cm³/mol. The number of aliphatic hydroxyl groups excluding tert-OH is 4. The van der Waals surface area contributed by atoms with E-state index in [-0.39, 0.29) is 39.5 Å². The largest absolute Gasteiger partial charge is 0.508 e. The van der Waals surface area contributed by atoms with Gasteiger partial charge in [0, 0.05) is 17.7 Å². The number of hydrogen-bond donors (Lipinski definition) is 7. The SMILES string of the molecule is COc1cc(-c2oc3cc(O)cc(O)c3c(=O)c2O)ccc1OC1O[C@H](CO)[C@@H](O)[C@H](O)[C@H]1O. The quantitative estimate of drug-likeness (QED) is 0.254. The Bertz CT molecular complexity index is 1270. The maximum atomic E-state index is 12.6. The van der Waals surface area contributed by atoms with E-state index in [1.807, 2.05) is 0 Å². The molecule has 0 amide bonds. The van der Waals surface area contributed by atoms with Crippen molar-refractivity contribution in [1.82, 2.24) is 0 Å². The van der Waals surface area contributed by atoms with Crippen molar-refractivity contribution < 1.29 is 54.4 Å². The van der Waals surface area contributed by atoms with Crippen molar-refractivity contribution in [3.63, 3.8) is 0 Å². The van der Waals surface area contributed by atoms with Gasteiger partial charge in [-0.05, 0) is 18.2 Å². The smallest absolute Gasteiger partial charge is 0.238 e. The Morgan fingerprint density at radius 2 is 1.71 bits per heavy atom. The molecule has 4 rings (SSSR count). The average Bonchev–Trinajstić information content (AvgIpc) is 2.81. The zero-order chi connectivity index (χ0) is 24.7. The number of ether oxygens (including phenoxy) is 3. The molecule has 1 aromatic heterocycles. The summed E-state index contributed by atoms with van der Waals surface area (Å²) in [5, 5.41) is 69.1. The summed E-state index contributed by atoms with van der Waals surface area (Å²) in [5.74, 6) is -1.92. The van der Waals surface area contributed by atoms with Gasteiger partial charge in [0.05, 0.1) is 13.7 Å². The molecule has 0 spiro atoms. The van der Waals surface area contributed by atoms with E-state index < -0.39 is 54.2 Å². The lowest BCUT2D eigenvalue weighted by Crippen LogP contribution is -2.60. The van der Waals surface area contributed by atoms with Crippen molar-refractivity contribution >= 4 is 11.0 Å². The summed E-state index contributed by atoms with van der Waals surface area (Å²) in [4.78, 5) is 12.6. The van der Waals surface area contributed by atoms with Crippen molar-refractivity contribution in [3.05, 3.63) is 40.6 Å². The molecule has 7 N–H and O–H groups in total. The van der Waals surface area contributed by atoms with E-state index in [9.17, 15) is 40.5 Å². The number of hydrogen-bond acceptors (Lipinski definition) is 12. The van der Waals surface area contributed by atoms with Gasteiger partial charge >= 0.3 is 0 Å². The van der Waals surface area contributed by atoms with Crippen LogP contribution in [-0.4, -0.2) is 80.2 Å². The minimum absolute atomic E-state index is 0.0218. The average molecular weight is 478 g/mol. The molecular weight excluding hydrogens is 456 g/mol. The lowest BCUT2D eigenvalue weighted by molar-refractivity contribution is -0.277. The number of aromatic hydroxyl groups is 3. The molecule has 1 aliphatic rings. The Hall–Kier alpha value is -3.55. The highest BCUT2D eigenvalue weighted by molar-refractivity contribution is 5.88. The third-order valence-corrected chi connectivity index (χ3v) is 5.45. The van der Waals surface area contributed by atoms with Crippen molar-refractivity contribution in [2.45, 2.75) is 30.7 Å². The van der Waals surface area contributed by atoms with E-state index in [1.165, 1.54) is 25.3 Å². The second-order valence-electron chi connectivity index (χ2n) is 7.63. The summed E-state index contributed by atoms with van der Waals surface area (Å²) in [6, 6.07) is 6.11. The molecule has 1 unspecified atom stereocenters. The van der Waals surface area contributed by atoms with E-state index in [2.05, 4.69) is 0 Å². The molecule has 0 saturated carbocycles. The van der Waals surface area contributed by atoms with Crippen LogP contribution in [0.3, 0.4) is 0 Å². The van der Waals surface area contributed by atoms with E-state index in [0.29, 0.717) is 0 Å². The number of rotatable bonds is 5. The summed E-state index contributed by atoms with van der Waals surface area (Å²) in [6.07, 6.45) is -7.48. The fourth-order valence-corrected chi connectivity index (χ4v) is 3.67. The second kappa shape index (κ2) is 9.00. The highest BCUT2D eigenvalue weighted by Gasteiger charge is 2.45. The van der Waals surface area contributed by atoms with Gasteiger partial charge in [-0.2, -0.15) is 0 Å². The first-order chi connectivity index (χ1) is 16.2. The first-order valence-electron chi connectivity index (χ1n) is 10.0. The standard InChI is InChI=1S/C22H22O12/c1-31-12-4-8(21-19(29)17(27)15-10(25)5-9(24)6-13(15)32-21)2-3-11(12)33-22-20(30)18(28)16(26)14(7-23)34-22/h2-6,14,16,18,20,22-26,28-30H,7H2,1H3/t14-,16-,18+,20-,22?/m1/s1. The maximum Gasteiger partial charge on any atom is 0.238 e. The van der Waals surface area contributed by atoms with Crippen LogP contribution in [0.15, 0.2) is 39.5 Å². The Morgan fingerprint density at radius 1 is 0.971 bits per heavy atom. The molecule has 3 aromatic rings.